The Kier molecular flexibility index (Phi) is 5.87. The average molecular weight is 451 g/mol. The average Bonchev–Trinajstić information content (AvgIpc) is 3.29. The van der Waals surface area contributed by atoms with Gasteiger partial charge in [-0.15, -0.1) is 0 Å². The first-order valence-corrected chi connectivity index (χ1v) is 11.7. The van der Waals surface area contributed by atoms with E-state index >= 15 is 0 Å². The lowest BCUT2D eigenvalue weighted by Gasteiger charge is -2.35. The van der Waals surface area contributed by atoms with Gasteiger partial charge in [0.25, 0.3) is 0 Å². The van der Waals surface area contributed by atoms with E-state index < -0.39 is 0 Å². The van der Waals surface area contributed by atoms with E-state index in [1.807, 2.05) is 60.4 Å². The van der Waals surface area contributed by atoms with Crippen molar-refractivity contribution in [3.63, 3.8) is 0 Å². The van der Waals surface area contributed by atoms with Gasteiger partial charge < -0.3 is 14.5 Å². The molecule has 166 valence electrons. The smallest absolute Gasteiger partial charge is 0.245 e. The topological polar surface area (TPSA) is 58.6 Å². The summed E-state index contributed by atoms with van der Waals surface area (Å²) in [6.45, 7) is 4.21. The van der Waals surface area contributed by atoms with Gasteiger partial charge >= 0.3 is 0 Å². The molecule has 32 heavy (non-hydrogen) atoms. The highest BCUT2D eigenvalue weighted by Crippen LogP contribution is 2.28. The number of likely N-dealkylation sites (tertiary alicyclic amines) is 1. The van der Waals surface area contributed by atoms with E-state index in [4.69, 9.17) is 26.3 Å². The molecular formula is C25H27ClN4O2. The quantitative estimate of drug-likeness (QED) is 0.580. The number of carbonyl (C=O) groups is 1. The number of nitrogens with zero attached hydrogens (tertiary/aromatic N) is 4. The lowest BCUT2D eigenvalue weighted by Crippen LogP contribution is -2.50. The van der Waals surface area contributed by atoms with Gasteiger partial charge in [0.2, 0.25) is 11.9 Å². The molecule has 3 heterocycles. The van der Waals surface area contributed by atoms with Crippen molar-refractivity contribution >= 4 is 34.4 Å². The van der Waals surface area contributed by atoms with Gasteiger partial charge in [0.15, 0.2) is 0 Å². The second-order valence-electron chi connectivity index (χ2n) is 8.58. The summed E-state index contributed by atoms with van der Waals surface area (Å²) in [5.74, 6) is 1.63. The number of carbonyl (C=O) groups excluding carboxylic acids is 1. The first-order valence-electron chi connectivity index (χ1n) is 11.3. The van der Waals surface area contributed by atoms with Crippen LogP contribution in [-0.4, -0.2) is 52.6 Å². The molecule has 7 heteroatoms. The Labute approximate surface area is 193 Å². The largest absolute Gasteiger partial charge is 0.490 e. The van der Waals surface area contributed by atoms with Crippen molar-refractivity contribution in [2.75, 3.05) is 24.5 Å². The van der Waals surface area contributed by atoms with Crippen LogP contribution in [0.1, 0.15) is 31.4 Å². The van der Waals surface area contributed by atoms with Gasteiger partial charge in [0, 0.05) is 42.9 Å². The number of piperidine rings is 1. The van der Waals surface area contributed by atoms with Crippen LogP contribution in [0, 0.1) is 6.92 Å². The molecule has 2 aromatic carbocycles. The van der Waals surface area contributed by atoms with Crippen LogP contribution in [0.4, 0.5) is 5.95 Å². The number of para-hydroxylation sites is 1. The fourth-order valence-electron chi connectivity index (χ4n) is 4.75. The first-order chi connectivity index (χ1) is 15.6. The molecule has 2 saturated heterocycles. The van der Waals surface area contributed by atoms with Crippen molar-refractivity contribution in [1.29, 1.82) is 0 Å². The SMILES string of the molecule is Cc1nc(N2CCCC2C(=O)N2CCC(Oc3cccc(Cl)c3)CC2)nc2ccccc12. The van der Waals surface area contributed by atoms with Crippen LogP contribution < -0.4 is 9.64 Å². The number of hydrogen-bond acceptors (Lipinski definition) is 5. The Morgan fingerprint density at radius 2 is 1.84 bits per heavy atom. The summed E-state index contributed by atoms with van der Waals surface area (Å²) in [4.78, 5) is 27.0. The molecular weight excluding hydrogens is 424 g/mol. The van der Waals surface area contributed by atoms with Crippen molar-refractivity contribution in [3.8, 4) is 5.75 Å². The number of aryl methyl sites for hydroxylation is 1. The zero-order valence-electron chi connectivity index (χ0n) is 18.2. The van der Waals surface area contributed by atoms with Gasteiger partial charge in [-0.25, -0.2) is 9.97 Å². The zero-order chi connectivity index (χ0) is 22.1. The first kappa shape index (κ1) is 21.0. The number of halogens is 1. The zero-order valence-corrected chi connectivity index (χ0v) is 19.0. The highest BCUT2D eigenvalue weighted by Gasteiger charge is 2.37. The maximum Gasteiger partial charge on any atom is 0.245 e. The van der Waals surface area contributed by atoms with E-state index in [2.05, 4.69) is 4.90 Å². The van der Waals surface area contributed by atoms with Crippen molar-refractivity contribution in [3.05, 3.63) is 59.2 Å². The minimum Gasteiger partial charge on any atom is -0.490 e. The predicted octanol–water partition coefficient (Wildman–Crippen LogP) is 4.63. The summed E-state index contributed by atoms with van der Waals surface area (Å²) in [5, 5.41) is 1.72. The van der Waals surface area contributed by atoms with Gasteiger partial charge in [-0.3, -0.25) is 4.79 Å². The van der Waals surface area contributed by atoms with E-state index in [1.54, 1.807) is 0 Å². The summed E-state index contributed by atoms with van der Waals surface area (Å²) in [5.41, 5.74) is 1.87. The monoisotopic (exact) mass is 450 g/mol. The Morgan fingerprint density at radius 1 is 1.03 bits per heavy atom. The fraction of sp³-hybridized carbons (Fsp3) is 0.400. The summed E-state index contributed by atoms with van der Waals surface area (Å²) in [6, 6.07) is 15.3. The van der Waals surface area contributed by atoms with Crippen molar-refractivity contribution in [1.82, 2.24) is 14.9 Å². The molecule has 1 amide bonds. The number of rotatable bonds is 4. The standard InChI is InChI=1S/C25H27ClN4O2/c1-17-21-8-2-3-9-22(21)28-25(27-17)30-13-5-10-23(30)24(31)29-14-11-19(12-15-29)32-20-7-4-6-18(26)16-20/h2-4,6-9,16,19,23H,5,10-15H2,1H3. The lowest BCUT2D eigenvalue weighted by atomic mass is 10.1. The number of hydrogen-bond donors (Lipinski definition) is 0. The van der Waals surface area contributed by atoms with Crippen LogP contribution in [0.25, 0.3) is 10.9 Å². The predicted molar refractivity (Wildman–Crippen MR) is 126 cm³/mol. The molecule has 2 aliphatic heterocycles. The molecule has 0 aliphatic carbocycles. The van der Waals surface area contributed by atoms with Crippen LogP contribution in [-0.2, 0) is 4.79 Å². The fourth-order valence-corrected chi connectivity index (χ4v) is 4.93. The lowest BCUT2D eigenvalue weighted by molar-refractivity contribution is -0.134. The number of amides is 1. The molecule has 0 bridgehead atoms. The minimum atomic E-state index is -0.194. The molecule has 1 unspecified atom stereocenters. The van der Waals surface area contributed by atoms with Gasteiger partial charge in [-0.2, -0.15) is 0 Å². The maximum absolute atomic E-state index is 13.4. The third-order valence-corrected chi connectivity index (χ3v) is 6.66. The van der Waals surface area contributed by atoms with Crippen LogP contribution in [0.2, 0.25) is 5.02 Å². The number of aromatic nitrogens is 2. The second-order valence-corrected chi connectivity index (χ2v) is 9.01. The normalized spacial score (nSPS) is 19.5. The molecule has 0 N–H and O–H groups in total. The number of ether oxygens (including phenoxy) is 1. The van der Waals surface area contributed by atoms with Crippen LogP contribution >= 0.6 is 11.6 Å². The van der Waals surface area contributed by atoms with Gasteiger partial charge in [0.05, 0.1) is 11.2 Å². The Bertz CT molecular complexity index is 1130. The maximum atomic E-state index is 13.4. The van der Waals surface area contributed by atoms with Crippen LogP contribution in [0.5, 0.6) is 5.75 Å². The molecule has 5 rings (SSSR count). The summed E-state index contributed by atoms with van der Waals surface area (Å²) in [6.07, 6.45) is 3.55. The number of anilines is 1. The summed E-state index contributed by atoms with van der Waals surface area (Å²) >= 11 is 6.06. The molecule has 2 aliphatic rings. The Balaban J connectivity index is 1.25. The summed E-state index contributed by atoms with van der Waals surface area (Å²) < 4.78 is 6.08. The van der Waals surface area contributed by atoms with E-state index in [9.17, 15) is 4.79 Å². The molecule has 2 fully saturated rings. The Hall–Kier alpha value is -2.86. The highest BCUT2D eigenvalue weighted by molar-refractivity contribution is 6.30. The molecule has 0 spiro atoms. The molecule has 1 atom stereocenters. The minimum absolute atomic E-state index is 0.101. The van der Waals surface area contributed by atoms with Crippen LogP contribution in [0.15, 0.2) is 48.5 Å². The summed E-state index contributed by atoms with van der Waals surface area (Å²) in [7, 11) is 0. The van der Waals surface area contributed by atoms with Gasteiger partial charge in [-0.1, -0.05) is 35.9 Å². The van der Waals surface area contributed by atoms with Crippen molar-refractivity contribution in [2.45, 2.75) is 44.8 Å². The van der Waals surface area contributed by atoms with Crippen molar-refractivity contribution in [2.24, 2.45) is 0 Å². The van der Waals surface area contributed by atoms with Crippen LogP contribution in [0.3, 0.4) is 0 Å². The van der Waals surface area contributed by atoms with Gasteiger partial charge in [-0.05, 0) is 44.0 Å². The second kappa shape index (κ2) is 8.94. The number of fused-ring (bicyclic) bond motifs is 1. The van der Waals surface area contributed by atoms with Crippen molar-refractivity contribution < 1.29 is 9.53 Å². The van der Waals surface area contributed by atoms with E-state index in [0.29, 0.717) is 24.1 Å². The Morgan fingerprint density at radius 3 is 2.66 bits per heavy atom. The van der Waals surface area contributed by atoms with E-state index in [1.165, 1.54) is 0 Å². The third-order valence-electron chi connectivity index (χ3n) is 6.43. The molecule has 0 saturated carbocycles. The van der Waals surface area contributed by atoms with Gasteiger partial charge in [0.1, 0.15) is 17.9 Å². The molecule has 3 aromatic rings. The van der Waals surface area contributed by atoms with E-state index in [0.717, 1.165) is 54.6 Å². The van der Waals surface area contributed by atoms with E-state index in [-0.39, 0.29) is 18.1 Å². The molecule has 1 aromatic heterocycles. The molecule has 6 nitrogen and oxygen atoms in total. The highest BCUT2D eigenvalue weighted by atomic mass is 35.5. The molecule has 0 radical (unpaired) electrons. The number of benzene rings is 2. The third kappa shape index (κ3) is 4.24.